The average Bonchev–Trinajstić information content (AvgIpc) is 2.40. The number of piperazine rings is 1. The Morgan fingerprint density at radius 3 is 2.35 bits per heavy atom. The molecule has 1 saturated heterocycles. The second-order valence-electron chi connectivity index (χ2n) is 4.32. The molecule has 1 N–H and O–H groups in total. The third-order valence-electron chi connectivity index (χ3n) is 2.83. The lowest BCUT2D eigenvalue weighted by Crippen LogP contribution is -2.51. The Bertz CT molecular complexity index is 500. The highest BCUT2D eigenvalue weighted by Crippen LogP contribution is 2.33. The van der Waals surface area contributed by atoms with Crippen molar-refractivity contribution >= 4 is 17.5 Å². The van der Waals surface area contributed by atoms with E-state index in [9.17, 15) is 9.59 Å². The molecule has 20 heavy (non-hydrogen) atoms. The monoisotopic (exact) mass is 278 g/mol. The molecular weight excluding hydrogens is 260 g/mol. The molecule has 108 valence electrons. The predicted octanol–water partition coefficient (Wildman–Crippen LogP) is 0.947. The minimum absolute atomic E-state index is 0.126. The number of anilines is 1. The predicted molar refractivity (Wildman–Crippen MR) is 74.1 cm³/mol. The summed E-state index contributed by atoms with van der Waals surface area (Å²) in [4.78, 5) is 24.7. The molecule has 1 fully saturated rings. The van der Waals surface area contributed by atoms with Gasteiger partial charge in [0.15, 0.2) is 0 Å². The minimum Gasteiger partial charge on any atom is -0.494 e. The molecule has 0 saturated carbocycles. The zero-order valence-electron chi connectivity index (χ0n) is 11.6. The van der Waals surface area contributed by atoms with E-state index in [0.717, 1.165) is 0 Å². The maximum Gasteiger partial charge on any atom is 0.246 e. The molecule has 0 aromatic heterocycles. The number of ether oxygens (including phenoxy) is 2. The van der Waals surface area contributed by atoms with Gasteiger partial charge in [0.05, 0.1) is 32.0 Å². The Morgan fingerprint density at radius 2 is 1.75 bits per heavy atom. The van der Waals surface area contributed by atoms with Crippen molar-refractivity contribution < 1.29 is 19.1 Å². The van der Waals surface area contributed by atoms with E-state index in [1.54, 1.807) is 17.0 Å². The van der Waals surface area contributed by atoms with E-state index in [4.69, 9.17) is 9.47 Å². The smallest absolute Gasteiger partial charge is 0.246 e. The van der Waals surface area contributed by atoms with Crippen LogP contribution in [-0.4, -0.2) is 38.1 Å². The van der Waals surface area contributed by atoms with E-state index in [-0.39, 0.29) is 24.9 Å². The van der Waals surface area contributed by atoms with E-state index >= 15 is 0 Å². The molecule has 0 spiro atoms. The fourth-order valence-electron chi connectivity index (χ4n) is 2.09. The van der Waals surface area contributed by atoms with Gasteiger partial charge in [-0.05, 0) is 26.0 Å². The van der Waals surface area contributed by atoms with E-state index in [1.807, 2.05) is 19.9 Å². The number of nitrogens with zero attached hydrogens (tertiary/aromatic N) is 1. The molecule has 1 aromatic rings. The molecule has 0 bridgehead atoms. The summed E-state index contributed by atoms with van der Waals surface area (Å²) in [5.74, 6) is 0.693. The number of hydrogen-bond donors (Lipinski definition) is 1. The van der Waals surface area contributed by atoms with E-state index in [1.165, 1.54) is 0 Å². The van der Waals surface area contributed by atoms with Crippen molar-refractivity contribution in [2.45, 2.75) is 13.8 Å². The van der Waals surface area contributed by atoms with E-state index in [0.29, 0.717) is 30.4 Å². The van der Waals surface area contributed by atoms with Crippen LogP contribution in [0.4, 0.5) is 5.69 Å². The van der Waals surface area contributed by atoms with Gasteiger partial charge in [-0.3, -0.25) is 14.9 Å². The number of carbonyl (C=O) groups excluding carboxylic acids is 2. The van der Waals surface area contributed by atoms with Crippen molar-refractivity contribution in [2.24, 2.45) is 0 Å². The summed E-state index contributed by atoms with van der Waals surface area (Å²) in [5, 5.41) is 2.28. The molecule has 1 heterocycles. The van der Waals surface area contributed by atoms with Crippen LogP contribution in [0.25, 0.3) is 0 Å². The van der Waals surface area contributed by atoms with Gasteiger partial charge in [0.1, 0.15) is 11.5 Å². The lowest BCUT2D eigenvalue weighted by atomic mass is 10.2. The van der Waals surface area contributed by atoms with Crippen molar-refractivity contribution in [1.29, 1.82) is 0 Å². The zero-order valence-corrected chi connectivity index (χ0v) is 11.6. The SMILES string of the molecule is CCOc1ccc(OCC)c(N2CC(=O)NC(=O)C2)c1. The van der Waals surface area contributed by atoms with Gasteiger partial charge in [-0.25, -0.2) is 0 Å². The van der Waals surface area contributed by atoms with Gasteiger partial charge in [0, 0.05) is 6.07 Å². The molecule has 1 aliphatic heterocycles. The number of imide groups is 1. The average molecular weight is 278 g/mol. The molecule has 1 aromatic carbocycles. The first kappa shape index (κ1) is 14.2. The summed E-state index contributed by atoms with van der Waals surface area (Å²) < 4.78 is 11.0. The van der Waals surface area contributed by atoms with Gasteiger partial charge in [0.25, 0.3) is 0 Å². The summed E-state index contributed by atoms with van der Waals surface area (Å²) in [5.41, 5.74) is 0.695. The van der Waals surface area contributed by atoms with Crippen molar-refractivity contribution in [1.82, 2.24) is 5.32 Å². The Hall–Kier alpha value is -2.24. The lowest BCUT2D eigenvalue weighted by Gasteiger charge is -2.29. The molecule has 0 radical (unpaired) electrons. The Morgan fingerprint density at radius 1 is 1.10 bits per heavy atom. The third-order valence-corrected chi connectivity index (χ3v) is 2.83. The van der Waals surface area contributed by atoms with Crippen LogP contribution in [-0.2, 0) is 9.59 Å². The largest absolute Gasteiger partial charge is 0.494 e. The molecule has 6 nitrogen and oxygen atoms in total. The topological polar surface area (TPSA) is 67.9 Å². The van der Waals surface area contributed by atoms with Gasteiger partial charge in [-0.2, -0.15) is 0 Å². The number of benzene rings is 1. The molecule has 2 amide bonds. The number of hydrogen-bond acceptors (Lipinski definition) is 5. The maximum absolute atomic E-state index is 11.5. The zero-order chi connectivity index (χ0) is 14.5. The van der Waals surface area contributed by atoms with Crippen LogP contribution in [0.5, 0.6) is 11.5 Å². The van der Waals surface area contributed by atoms with Gasteiger partial charge in [0.2, 0.25) is 11.8 Å². The maximum atomic E-state index is 11.5. The molecule has 2 rings (SSSR count). The summed E-state index contributed by atoms with van der Waals surface area (Å²) in [6.45, 7) is 5.09. The van der Waals surface area contributed by atoms with Crippen molar-refractivity contribution in [3.05, 3.63) is 18.2 Å². The van der Waals surface area contributed by atoms with Gasteiger partial charge < -0.3 is 14.4 Å². The van der Waals surface area contributed by atoms with Crippen LogP contribution in [0.2, 0.25) is 0 Å². The third kappa shape index (κ3) is 3.20. The lowest BCUT2D eigenvalue weighted by molar-refractivity contribution is -0.130. The fraction of sp³-hybridized carbons (Fsp3) is 0.429. The van der Waals surface area contributed by atoms with Crippen molar-refractivity contribution in [3.8, 4) is 11.5 Å². The van der Waals surface area contributed by atoms with E-state index in [2.05, 4.69) is 5.32 Å². The second kappa shape index (κ2) is 6.27. The highest BCUT2D eigenvalue weighted by atomic mass is 16.5. The summed E-state index contributed by atoms with van der Waals surface area (Å²) in [6, 6.07) is 5.39. The molecule has 0 atom stereocenters. The Balaban J connectivity index is 2.32. The minimum atomic E-state index is -0.314. The van der Waals surface area contributed by atoms with Crippen molar-refractivity contribution in [2.75, 3.05) is 31.2 Å². The first-order valence-corrected chi connectivity index (χ1v) is 6.61. The molecular formula is C14H18N2O4. The summed E-state index contributed by atoms with van der Waals surface area (Å²) in [7, 11) is 0. The first-order chi connectivity index (χ1) is 9.63. The molecule has 1 aliphatic rings. The highest BCUT2D eigenvalue weighted by molar-refractivity contribution is 6.03. The second-order valence-corrected chi connectivity index (χ2v) is 4.32. The standard InChI is InChI=1S/C14H18N2O4/c1-3-19-10-5-6-12(20-4-2)11(7-10)16-8-13(17)15-14(18)9-16/h5-7H,3-4,8-9H2,1-2H3,(H,15,17,18). The van der Waals surface area contributed by atoms with Crippen LogP contribution in [0.3, 0.4) is 0 Å². The Labute approximate surface area is 117 Å². The van der Waals surface area contributed by atoms with Crippen LogP contribution < -0.4 is 19.7 Å². The molecule has 6 heteroatoms. The van der Waals surface area contributed by atoms with Crippen LogP contribution in [0, 0.1) is 0 Å². The molecule has 0 aliphatic carbocycles. The normalized spacial score (nSPS) is 15.0. The molecule has 0 unspecified atom stereocenters. The van der Waals surface area contributed by atoms with Crippen LogP contribution in [0.15, 0.2) is 18.2 Å². The summed E-state index contributed by atoms with van der Waals surface area (Å²) in [6.07, 6.45) is 0. The Kier molecular flexibility index (Phi) is 4.45. The number of amides is 2. The van der Waals surface area contributed by atoms with Crippen molar-refractivity contribution in [3.63, 3.8) is 0 Å². The first-order valence-electron chi connectivity index (χ1n) is 6.61. The number of carbonyl (C=O) groups is 2. The fourth-order valence-corrected chi connectivity index (χ4v) is 2.09. The quantitative estimate of drug-likeness (QED) is 0.812. The number of nitrogens with one attached hydrogen (secondary N) is 1. The van der Waals surface area contributed by atoms with Gasteiger partial charge in [-0.15, -0.1) is 0 Å². The highest BCUT2D eigenvalue weighted by Gasteiger charge is 2.25. The van der Waals surface area contributed by atoms with Crippen LogP contribution >= 0.6 is 0 Å². The van der Waals surface area contributed by atoms with E-state index < -0.39 is 0 Å². The van der Waals surface area contributed by atoms with Gasteiger partial charge in [-0.1, -0.05) is 0 Å². The summed E-state index contributed by atoms with van der Waals surface area (Å²) >= 11 is 0. The number of rotatable bonds is 5. The van der Waals surface area contributed by atoms with Crippen LogP contribution in [0.1, 0.15) is 13.8 Å². The van der Waals surface area contributed by atoms with Gasteiger partial charge >= 0.3 is 0 Å².